The summed E-state index contributed by atoms with van der Waals surface area (Å²) in [5.41, 5.74) is 1.42. The van der Waals surface area contributed by atoms with Gasteiger partial charge in [-0.05, 0) is 25.1 Å². The molecule has 0 aliphatic carbocycles. The standard InChI is InChI=1S/C17H15Cl2N3O3S/c1-10-6-16(22-24-10)20-17(23)4-5-26-9-12-8-15(21-25-12)13-3-2-11(18)7-14(13)19/h2-3,6-8H,4-5,9H2,1H3,(H,20,22,23). The molecule has 1 N–H and O–H groups in total. The molecular formula is C17H15Cl2N3O3S. The molecule has 26 heavy (non-hydrogen) atoms. The van der Waals surface area contributed by atoms with E-state index in [0.29, 0.717) is 51.0 Å². The van der Waals surface area contributed by atoms with Gasteiger partial charge >= 0.3 is 0 Å². The van der Waals surface area contributed by atoms with Crippen molar-refractivity contribution in [1.29, 1.82) is 0 Å². The van der Waals surface area contributed by atoms with Crippen LogP contribution in [-0.4, -0.2) is 22.0 Å². The molecule has 0 saturated heterocycles. The van der Waals surface area contributed by atoms with Crippen LogP contribution in [0.5, 0.6) is 0 Å². The SMILES string of the molecule is Cc1cc(NC(=O)CCSCc2cc(-c3ccc(Cl)cc3Cl)no2)no1. The number of nitrogens with one attached hydrogen (secondary N) is 1. The molecule has 0 unspecified atom stereocenters. The van der Waals surface area contributed by atoms with Gasteiger partial charge in [-0.2, -0.15) is 11.8 Å². The number of carbonyl (C=O) groups is 1. The minimum absolute atomic E-state index is 0.114. The lowest BCUT2D eigenvalue weighted by atomic mass is 10.1. The highest BCUT2D eigenvalue weighted by molar-refractivity contribution is 7.98. The fourth-order valence-corrected chi connectivity index (χ4v) is 3.49. The van der Waals surface area contributed by atoms with E-state index >= 15 is 0 Å². The smallest absolute Gasteiger partial charge is 0.226 e. The first-order valence-electron chi connectivity index (χ1n) is 7.73. The van der Waals surface area contributed by atoms with E-state index in [2.05, 4.69) is 15.6 Å². The molecule has 1 aromatic carbocycles. The molecule has 136 valence electrons. The maximum absolute atomic E-state index is 11.8. The first kappa shape index (κ1) is 18.8. The molecule has 6 nitrogen and oxygen atoms in total. The molecule has 0 radical (unpaired) electrons. The highest BCUT2D eigenvalue weighted by atomic mass is 35.5. The zero-order chi connectivity index (χ0) is 18.5. The zero-order valence-electron chi connectivity index (χ0n) is 13.8. The molecule has 0 spiro atoms. The Morgan fingerprint density at radius 1 is 1.19 bits per heavy atom. The Hall–Kier alpha value is -1.96. The van der Waals surface area contributed by atoms with Crippen molar-refractivity contribution in [2.24, 2.45) is 0 Å². The Bertz CT molecular complexity index is 910. The Morgan fingerprint density at radius 2 is 2.04 bits per heavy atom. The number of hydrogen-bond donors (Lipinski definition) is 1. The largest absolute Gasteiger partial charge is 0.360 e. The van der Waals surface area contributed by atoms with Gasteiger partial charge in [0, 0.05) is 34.9 Å². The molecule has 0 fully saturated rings. The van der Waals surface area contributed by atoms with Gasteiger partial charge in [0.15, 0.2) is 5.82 Å². The number of rotatable bonds is 7. The molecule has 2 aromatic heterocycles. The maximum Gasteiger partial charge on any atom is 0.226 e. The van der Waals surface area contributed by atoms with Crippen molar-refractivity contribution < 1.29 is 13.8 Å². The third-order valence-electron chi connectivity index (χ3n) is 3.38. The summed E-state index contributed by atoms with van der Waals surface area (Å²) in [5, 5.41) is 11.5. The van der Waals surface area contributed by atoms with Gasteiger partial charge in [0.25, 0.3) is 0 Å². The van der Waals surface area contributed by atoms with Crippen LogP contribution in [0.2, 0.25) is 10.0 Å². The summed E-state index contributed by atoms with van der Waals surface area (Å²) in [7, 11) is 0. The van der Waals surface area contributed by atoms with Crippen LogP contribution in [-0.2, 0) is 10.5 Å². The van der Waals surface area contributed by atoms with Gasteiger partial charge in [-0.15, -0.1) is 0 Å². The van der Waals surface area contributed by atoms with Crippen molar-refractivity contribution in [3.63, 3.8) is 0 Å². The van der Waals surface area contributed by atoms with Crippen LogP contribution >= 0.6 is 35.0 Å². The van der Waals surface area contributed by atoms with Crippen molar-refractivity contribution in [3.8, 4) is 11.3 Å². The molecule has 0 atom stereocenters. The predicted octanol–water partition coefficient (Wildman–Crippen LogP) is 5.21. The summed E-state index contributed by atoms with van der Waals surface area (Å²) in [5.74, 6) is 2.92. The first-order chi connectivity index (χ1) is 12.5. The Kier molecular flexibility index (Phi) is 6.24. The van der Waals surface area contributed by atoms with Crippen LogP contribution in [0, 0.1) is 6.92 Å². The van der Waals surface area contributed by atoms with Crippen LogP contribution in [0.3, 0.4) is 0 Å². The molecule has 9 heteroatoms. The summed E-state index contributed by atoms with van der Waals surface area (Å²) in [6.45, 7) is 1.77. The van der Waals surface area contributed by atoms with Crippen LogP contribution < -0.4 is 5.32 Å². The molecule has 0 bridgehead atoms. The van der Waals surface area contributed by atoms with E-state index in [1.54, 1.807) is 43.0 Å². The number of aryl methyl sites for hydroxylation is 1. The zero-order valence-corrected chi connectivity index (χ0v) is 16.1. The lowest BCUT2D eigenvalue weighted by molar-refractivity contribution is -0.115. The average Bonchev–Trinajstić information content (AvgIpc) is 3.21. The van der Waals surface area contributed by atoms with Crippen molar-refractivity contribution >= 4 is 46.7 Å². The molecule has 3 rings (SSSR count). The molecule has 0 aliphatic heterocycles. The summed E-state index contributed by atoms with van der Waals surface area (Å²) < 4.78 is 10.2. The third-order valence-corrected chi connectivity index (χ3v) is 4.91. The fraction of sp³-hybridized carbons (Fsp3) is 0.235. The topological polar surface area (TPSA) is 81.2 Å². The average molecular weight is 412 g/mol. The van der Waals surface area contributed by atoms with Gasteiger partial charge < -0.3 is 14.4 Å². The van der Waals surface area contributed by atoms with Crippen LogP contribution in [0.4, 0.5) is 5.82 Å². The van der Waals surface area contributed by atoms with Crippen molar-refractivity contribution in [3.05, 3.63) is 51.9 Å². The van der Waals surface area contributed by atoms with Gasteiger partial charge in [0.1, 0.15) is 17.2 Å². The minimum atomic E-state index is -0.114. The van der Waals surface area contributed by atoms with Gasteiger partial charge in [-0.1, -0.05) is 33.5 Å². The minimum Gasteiger partial charge on any atom is -0.360 e. The first-order valence-corrected chi connectivity index (χ1v) is 9.64. The molecule has 0 saturated carbocycles. The summed E-state index contributed by atoms with van der Waals surface area (Å²) >= 11 is 13.6. The van der Waals surface area contributed by atoms with Crippen LogP contribution in [0.15, 0.2) is 39.4 Å². The van der Waals surface area contributed by atoms with E-state index in [-0.39, 0.29) is 5.91 Å². The number of thioether (sulfide) groups is 1. The van der Waals surface area contributed by atoms with E-state index in [1.165, 1.54) is 0 Å². The fourth-order valence-electron chi connectivity index (χ4n) is 2.17. The van der Waals surface area contributed by atoms with Crippen molar-refractivity contribution in [2.75, 3.05) is 11.1 Å². The van der Waals surface area contributed by atoms with E-state index < -0.39 is 0 Å². The highest BCUT2D eigenvalue weighted by Crippen LogP contribution is 2.30. The Labute approximate surface area is 164 Å². The third kappa shape index (κ3) is 5.03. The van der Waals surface area contributed by atoms with E-state index in [1.807, 2.05) is 6.07 Å². The molecule has 2 heterocycles. The number of carbonyl (C=O) groups excluding carboxylic acids is 1. The van der Waals surface area contributed by atoms with Crippen molar-refractivity contribution in [2.45, 2.75) is 19.1 Å². The monoisotopic (exact) mass is 411 g/mol. The number of aromatic nitrogens is 2. The molecular weight excluding hydrogens is 397 g/mol. The van der Waals surface area contributed by atoms with Gasteiger partial charge in [0.2, 0.25) is 5.91 Å². The lowest BCUT2D eigenvalue weighted by Crippen LogP contribution is -2.12. The number of amides is 1. The molecule has 3 aromatic rings. The predicted molar refractivity (Wildman–Crippen MR) is 103 cm³/mol. The second-order valence-electron chi connectivity index (χ2n) is 5.48. The summed E-state index contributed by atoms with van der Waals surface area (Å²) in [6.07, 6.45) is 0.362. The lowest BCUT2D eigenvalue weighted by Gasteiger charge is -2.00. The van der Waals surface area contributed by atoms with E-state index in [0.717, 1.165) is 5.56 Å². The number of anilines is 1. The van der Waals surface area contributed by atoms with Gasteiger partial charge in [0.05, 0.1) is 10.8 Å². The van der Waals surface area contributed by atoms with Crippen LogP contribution in [0.1, 0.15) is 17.9 Å². The number of hydrogen-bond acceptors (Lipinski definition) is 6. The second kappa shape index (κ2) is 8.62. The van der Waals surface area contributed by atoms with Gasteiger partial charge in [-0.3, -0.25) is 4.79 Å². The maximum atomic E-state index is 11.8. The number of nitrogens with zero attached hydrogens (tertiary/aromatic N) is 2. The summed E-state index contributed by atoms with van der Waals surface area (Å²) in [4.78, 5) is 11.8. The number of halogens is 2. The Morgan fingerprint density at radius 3 is 2.77 bits per heavy atom. The van der Waals surface area contributed by atoms with Crippen molar-refractivity contribution in [1.82, 2.24) is 10.3 Å². The molecule has 1 amide bonds. The molecule has 0 aliphatic rings. The quantitative estimate of drug-likeness (QED) is 0.537. The number of benzene rings is 1. The van der Waals surface area contributed by atoms with E-state index in [4.69, 9.17) is 32.2 Å². The second-order valence-corrected chi connectivity index (χ2v) is 7.43. The van der Waals surface area contributed by atoms with E-state index in [9.17, 15) is 4.79 Å². The van der Waals surface area contributed by atoms with Crippen LogP contribution in [0.25, 0.3) is 11.3 Å². The van der Waals surface area contributed by atoms with Gasteiger partial charge in [-0.25, -0.2) is 0 Å². The normalized spacial score (nSPS) is 10.9. The Balaban J connectivity index is 1.45. The summed E-state index contributed by atoms with van der Waals surface area (Å²) in [6, 6.07) is 8.72. The highest BCUT2D eigenvalue weighted by Gasteiger charge is 2.11.